The van der Waals surface area contributed by atoms with Crippen LogP contribution in [0.2, 0.25) is 0 Å². The van der Waals surface area contributed by atoms with Crippen LogP contribution in [0, 0.1) is 6.92 Å². The van der Waals surface area contributed by atoms with Gasteiger partial charge in [0.25, 0.3) is 5.91 Å². The highest BCUT2D eigenvalue weighted by atomic mass is 16.5. The Morgan fingerprint density at radius 1 is 1.00 bits per heavy atom. The smallest absolute Gasteiger partial charge is 0.258 e. The zero-order valence-corrected chi connectivity index (χ0v) is 12.0. The number of amides is 1. The molecule has 0 aliphatic rings. The molecule has 2 rings (SSSR count). The molecular weight excluding hydrogens is 266 g/mol. The van der Waals surface area contributed by atoms with Crippen molar-refractivity contribution < 1.29 is 14.3 Å². The standard InChI is InChI=1S/C17H19NO3/c1-14-6-5-9-16(12-14)21-13-17(19)18-10-11-20-15-7-3-2-4-8-15/h2-9,12H,10-11,13H2,1H3,(H,18,19). The van der Waals surface area contributed by atoms with Gasteiger partial charge in [0.05, 0.1) is 6.54 Å². The SMILES string of the molecule is Cc1cccc(OCC(=O)NCCOc2ccccc2)c1. The third kappa shape index (κ3) is 5.57. The predicted molar refractivity (Wildman–Crippen MR) is 81.6 cm³/mol. The molecule has 2 aromatic carbocycles. The summed E-state index contributed by atoms with van der Waals surface area (Å²) in [7, 11) is 0. The molecule has 0 aromatic heterocycles. The van der Waals surface area contributed by atoms with Gasteiger partial charge in [-0.1, -0.05) is 30.3 Å². The second-order valence-electron chi connectivity index (χ2n) is 4.62. The summed E-state index contributed by atoms with van der Waals surface area (Å²) in [6.45, 7) is 2.87. The molecule has 4 heteroatoms. The molecule has 4 nitrogen and oxygen atoms in total. The van der Waals surface area contributed by atoms with Crippen molar-refractivity contribution in [2.45, 2.75) is 6.92 Å². The minimum Gasteiger partial charge on any atom is -0.492 e. The molecule has 21 heavy (non-hydrogen) atoms. The van der Waals surface area contributed by atoms with E-state index in [-0.39, 0.29) is 12.5 Å². The molecule has 0 bridgehead atoms. The fourth-order valence-electron chi connectivity index (χ4n) is 1.78. The van der Waals surface area contributed by atoms with Crippen molar-refractivity contribution in [2.75, 3.05) is 19.8 Å². The lowest BCUT2D eigenvalue weighted by Crippen LogP contribution is -2.32. The Bertz CT molecular complexity index is 569. The van der Waals surface area contributed by atoms with Crippen molar-refractivity contribution in [1.29, 1.82) is 0 Å². The molecule has 110 valence electrons. The number of nitrogens with one attached hydrogen (secondary N) is 1. The molecule has 1 amide bonds. The quantitative estimate of drug-likeness (QED) is 0.795. The number of hydrogen-bond donors (Lipinski definition) is 1. The van der Waals surface area contributed by atoms with Crippen LogP contribution < -0.4 is 14.8 Å². The highest BCUT2D eigenvalue weighted by Gasteiger charge is 2.02. The Morgan fingerprint density at radius 2 is 1.76 bits per heavy atom. The Morgan fingerprint density at radius 3 is 2.52 bits per heavy atom. The summed E-state index contributed by atoms with van der Waals surface area (Å²) in [6, 6.07) is 17.1. The van der Waals surface area contributed by atoms with Gasteiger partial charge in [-0.2, -0.15) is 0 Å². The molecule has 0 heterocycles. The third-order valence-electron chi connectivity index (χ3n) is 2.80. The Labute approximate surface area is 124 Å². The maximum absolute atomic E-state index is 11.6. The first-order valence-electron chi connectivity index (χ1n) is 6.88. The lowest BCUT2D eigenvalue weighted by molar-refractivity contribution is -0.123. The highest BCUT2D eigenvalue weighted by molar-refractivity contribution is 5.77. The van der Waals surface area contributed by atoms with Crippen molar-refractivity contribution in [3.63, 3.8) is 0 Å². The minimum absolute atomic E-state index is 0.00872. The van der Waals surface area contributed by atoms with Crippen LogP contribution in [0.1, 0.15) is 5.56 Å². The lowest BCUT2D eigenvalue weighted by Gasteiger charge is -2.09. The summed E-state index contributed by atoms with van der Waals surface area (Å²) in [5.74, 6) is 1.33. The van der Waals surface area contributed by atoms with Crippen LogP contribution in [0.25, 0.3) is 0 Å². The van der Waals surface area contributed by atoms with Crippen LogP contribution in [0.5, 0.6) is 11.5 Å². The average Bonchev–Trinajstić information content (AvgIpc) is 2.51. The predicted octanol–water partition coefficient (Wildman–Crippen LogP) is 2.57. The number of hydrogen-bond acceptors (Lipinski definition) is 3. The van der Waals surface area contributed by atoms with E-state index in [0.717, 1.165) is 11.3 Å². The first-order chi connectivity index (χ1) is 10.2. The Hall–Kier alpha value is -2.49. The molecule has 0 saturated carbocycles. The van der Waals surface area contributed by atoms with Crippen molar-refractivity contribution in [2.24, 2.45) is 0 Å². The van der Waals surface area contributed by atoms with Crippen molar-refractivity contribution in [3.05, 3.63) is 60.2 Å². The van der Waals surface area contributed by atoms with Gasteiger partial charge in [-0.15, -0.1) is 0 Å². The first-order valence-corrected chi connectivity index (χ1v) is 6.88. The molecular formula is C17H19NO3. The topological polar surface area (TPSA) is 47.6 Å². The van der Waals surface area contributed by atoms with Gasteiger partial charge in [-0.25, -0.2) is 0 Å². The van der Waals surface area contributed by atoms with Gasteiger partial charge in [-0.3, -0.25) is 4.79 Å². The zero-order chi connectivity index (χ0) is 14.9. The summed E-state index contributed by atoms with van der Waals surface area (Å²) in [5.41, 5.74) is 1.10. The summed E-state index contributed by atoms with van der Waals surface area (Å²) in [6.07, 6.45) is 0. The van der Waals surface area contributed by atoms with E-state index in [1.165, 1.54) is 0 Å². The van der Waals surface area contributed by atoms with Crippen LogP contribution in [-0.4, -0.2) is 25.7 Å². The number of rotatable bonds is 7. The summed E-state index contributed by atoms with van der Waals surface area (Å²) >= 11 is 0. The van der Waals surface area contributed by atoms with Crippen molar-refractivity contribution in [1.82, 2.24) is 5.32 Å². The third-order valence-corrected chi connectivity index (χ3v) is 2.80. The van der Waals surface area contributed by atoms with Crippen LogP contribution >= 0.6 is 0 Å². The second-order valence-corrected chi connectivity index (χ2v) is 4.62. The molecule has 0 radical (unpaired) electrons. The molecule has 1 N–H and O–H groups in total. The van der Waals surface area contributed by atoms with E-state index in [1.54, 1.807) is 0 Å². The Kier molecular flexibility index (Phi) is 5.64. The van der Waals surface area contributed by atoms with Gasteiger partial charge in [0.2, 0.25) is 0 Å². The van der Waals surface area contributed by atoms with E-state index in [2.05, 4.69) is 5.32 Å². The molecule has 2 aromatic rings. The molecule has 0 fully saturated rings. The van der Waals surface area contributed by atoms with Gasteiger partial charge in [0, 0.05) is 0 Å². The molecule has 0 unspecified atom stereocenters. The van der Waals surface area contributed by atoms with E-state index in [1.807, 2.05) is 61.5 Å². The number of para-hydroxylation sites is 1. The van der Waals surface area contributed by atoms with Gasteiger partial charge in [0.1, 0.15) is 18.1 Å². The minimum atomic E-state index is -0.159. The van der Waals surface area contributed by atoms with Gasteiger partial charge >= 0.3 is 0 Å². The van der Waals surface area contributed by atoms with Gasteiger partial charge in [-0.05, 0) is 36.8 Å². The largest absolute Gasteiger partial charge is 0.492 e. The van der Waals surface area contributed by atoms with Crippen molar-refractivity contribution in [3.8, 4) is 11.5 Å². The lowest BCUT2D eigenvalue weighted by atomic mass is 10.2. The Balaban J connectivity index is 1.62. The molecule has 0 saturated heterocycles. The number of benzene rings is 2. The van der Waals surface area contributed by atoms with Crippen LogP contribution in [0.3, 0.4) is 0 Å². The first kappa shape index (κ1) is 14.9. The van der Waals surface area contributed by atoms with Gasteiger partial charge in [0.15, 0.2) is 6.61 Å². The molecule has 0 aliphatic carbocycles. The van der Waals surface area contributed by atoms with Crippen LogP contribution in [-0.2, 0) is 4.79 Å². The zero-order valence-electron chi connectivity index (χ0n) is 12.0. The summed E-state index contributed by atoms with van der Waals surface area (Å²) < 4.78 is 10.9. The highest BCUT2D eigenvalue weighted by Crippen LogP contribution is 2.11. The molecule has 0 atom stereocenters. The van der Waals surface area contributed by atoms with E-state index in [9.17, 15) is 4.79 Å². The fourth-order valence-corrected chi connectivity index (χ4v) is 1.78. The maximum Gasteiger partial charge on any atom is 0.258 e. The maximum atomic E-state index is 11.6. The average molecular weight is 285 g/mol. The van der Waals surface area contributed by atoms with Gasteiger partial charge < -0.3 is 14.8 Å². The van der Waals surface area contributed by atoms with Crippen LogP contribution in [0.4, 0.5) is 0 Å². The summed E-state index contributed by atoms with van der Waals surface area (Å²) in [5, 5.41) is 2.75. The normalized spacial score (nSPS) is 9.95. The van der Waals surface area contributed by atoms with E-state index >= 15 is 0 Å². The number of ether oxygens (including phenoxy) is 2. The number of carbonyl (C=O) groups excluding carboxylic acids is 1. The van der Waals surface area contributed by atoms with E-state index in [4.69, 9.17) is 9.47 Å². The second kappa shape index (κ2) is 7.94. The van der Waals surface area contributed by atoms with Crippen LogP contribution in [0.15, 0.2) is 54.6 Å². The molecule has 0 spiro atoms. The summed E-state index contributed by atoms with van der Waals surface area (Å²) in [4.78, 5) is 11.6. The van der Waals surface area contributed by atoms with E-state index < -0.39 is 0 Å². The fraction of sp³-hybridized carbons (Fsp3) is 0.235. The number of aryl methyl sites for hydroxylation is 1. The monoisotopic (exact) mass is 285 g/mol. The van der Waals surface area contributed by atoms with E-state index in [0.29, 0.717) is 18.9 Å². The van der Waals surface area contributed by atoms with Crippen molar-refractivity contribution >= 4 is 5.91 Å². The molecule has 0 aliphatic heterocycles. The number of carbonyl (C=O) groups is 1.